The molecule has 2 rings (SSSR count). The highest BCUT2D eigenvalue weighted by atomic mass is 31.0. The highest BCUT2D eigenvalue weighted by Gasteiger charge is 2.15. The molecule has 1 unspecified atom stereocenters. The first-order chi connectivity index (χ1) is 6.16. The maximum absolute atomic E-state index is 2.77. The van der Waals surface area contributed by atoms with Gasteiger partial charge in [-0.05, 0) is 22.6 Å². The van der Waals surface area contributed by atoms with Crippen molar-refractivity contribution in [2.45, 2.75) is 32.9 Å². The van der Waals surface area contributed by atoms with Crippen LogP contribution in [-0.2, 0) is 13.1 Å². The largest absolute Gasteiger partial charge is 0.279 e. The van der Waals surface area contributed by atoms with Gasteiger partial charge in [-0.25, -0.2) is 0 Å². The van der Waals surface area contributed by atoms with Gasteiger partial charge in [0.1, 0.15) is 0 Å². The van der Waals surface area contributed by atoms with Crippen LogP contribution < -0.4 is 0 Å². The summed E-state index contributed by atoms with van der Waals surface area (Å²) in [5, 5.41) is 0. The lowest BCUT2D eigenvalue weighted by Gasteiger charge is -2.06. The van der Waals surface area contributed by atoms with E-state index < -0.39 is 0 Å². The standard InChI is InChI=1S/C11H16NP/c1-8(2)9-3-4-10-6-12(13)7-11(10)5-9/h3-5,8H,6-7,13H2,1-2H3. The summed E-state index contributed by atoms with van der Waals surface area (Å²) in [6.07, 6.45) is 0. The van der Waals surface area contributed by atoms with E-state index in [-0.39, 0.29) is 0 Å². The van der Waals surface area contributed by atoms with E-state index in [0.717, 1.165) is 13.1 Å². The molecule has 0 bridgehead atoms. The molecule has 0 radical (unpaired) electrons. The molecule has 1 heterocycles. The van der Waals surface area contributed by atoms with Gasteiger partial charge in [-0.15, -0.1) is 0 Å². The zero-order valence-electron chi connectivity index (χ0n) is 8.25. The fourth-order valence-corrected chi connectivity index (χ4v) is 2.19. The third kappa shape index (κ3) is 1.77. The third-order valence-corrected chi connectivity index (χ3v) is 3.01. The Balaban J connectivity index is 2.35. The first kappa shape index (κ1) is 9.18. The zero-order valence-corrected chi connectivity index (χ0v) is 9.40. The lowest BCUT2D eigenvalue weighted by atomic mass is 9.99. The van der Waals surface area contributed by atoms with Crippen molar-refractivity contribution < 1.29 is 0 Å². The number of hydrogen-bond donors (Lipinski definition) is 0. The fourth-order valence-electron chi connectivity index (χ4n) is 1.80. The van der Waals surface area contributed by atoms with E-state index in [1.807, 2.05) is 0 Å². The van der Waals surface area contributed by atoms with Gasteiger partial charge in [0.2, 0.25) is 0 Å². The second-order valence-corrected chi connectivity index (χ2v) is 4.82. The van der Waals surface area contributed by atoms with Crippen molar-refractivity contribution in [3.63, 3.8) is 0 Å². The van der Waals surface area contributed by atoms with Crippen molar-refractivity contribution in [3.05, 3.63) is 34.9 Å². The van der Waals surface area contributed by atoms with Crippen LogP contribution in [0.4, 0.5) is 0 Å². The lowest BCUT2D eigenvalue weighted by molar-refractivity contribution is 0.508. The Morgan fingerprint density at radius 2 is 1.92 bits per heavy atom. The Morgan fingerprint density at radius 1 is 1.23 bits per heavy atom. The molecule has 0 fully saturated rings. The van der Waals surface area contributed by atoms with Crippen molar-refractivity contribution in [3.8, 4) is 0 Å². The van der Waals surface area contributed by atoms with Crippen LogP contribution in [0.3, 0.4) is 0 Å². The van der Waals surface area contributed by atoms with Crippen LogP contribution in [0.25, 0.3) is 0 Å². The van der Waals surface area contributed by atoms with Gasteiger partial charge in [0.25, 0.3) is 0 Å². The molecule has 70 valence electrons. The maximum atomic E-state index is 2.77. The summed E-state index contributed by atoms with van der Waals surface area (Å²) < 4.78 is 2.27. The molecule has 0 N–H and O–H groups in total. The minimum absolute atomic E-state index is 0.642. The minimum atomic E-state index is 0.642. The van der Waals surface area contributed by atoms with Crippen LogP contribution in [0.15, 0.2) is 18.2 Å². The highest BCUT2D eigenvalue weighted by Crippen LogP contribution is 2.28. The average Bonchev–Trinajstić information content (AvgIpc) is 2.42. The third-order valence-electron chi connectivity index (χ3n) is 2.64. The van der Waals surface area contributed by atoms with Crippen LogP contribution in [-0.4, -0.2) is 4.67 Å². The van der Waals surface area contributed by atoms with Gasteiger partial charge in [0.05, 0.1) is 0 Å². The summed E-state index contributed by atoms with van der Waals surface area (Å²) in [4.78, 5) is 0. The second-order valence-electron chi connectivity index (χ2n) is 4.09. The van der Waals surface area contributed by atoms with E-state index in [2.05, 4.69) is 46.1 Å². The topological polar surface area (TPSA) is 3.24 Å². The Labute approximate surface area is 82.4 Å². The SMILES string of the molecule is CC(C)c1ccc2c(c1)CN(P)C2. The molecule has 0 saturated heterocycles. The van der Waals surface area contributed by atoms with Gasteiger partial charge >= 0.3 is 0 Å². The number of rotatable bonds is 1. The van der Waals surface area contributed by atoms with Gasteiger partial charge in [-0.1, -0.05) is 41.4 Å². The van der Waals surface area contributed by atoms with Crippen molar-refractivity contribution >= 4 is 9.39 Å². The Morgan fingerprint density at radius 3 is 2.62 bits per heavy atom. The summed E-state index contributed by atoms with van der Waals surface area (Å²) >= 11 is 0. The quantitative estimate of drug-likeness (QED) is 0.620. The lowest BCUT2D eigenvalue weighted by Crippen LogP contribution is -1.97. The zero-order chi connectivity index (χ0) is 9.42. The first-order valence-corrected chi connectivity index (χ1v) is 5.30. The molecule has 2 heteroatoms. The van der Waals surface area contributed by atoms with Crippen LogP contribution in [0.1, 0.15) is 36.5 Å². The summed E-state index contributed by atoms with van der Waals surface area (Å²) in [6.45, 7) is 6.66. The maximum Gasteiger partial charge on any atom is 0.0274 e. The van der Waals surface area contributed by atoms with E-state index in [1.165, 1.54) is 16.7 Å². The Kier molecular flexibility index (Phi) is 2.40. The molecule has 0 spiro atoms. The number of fused-ring (bicyclic) bond motifs is 1. The summed E-state index contributed by atoms with van der Waals surface area (Å²) in [6, 6.07) is 6.88. The number of hydrogen-bond acceptors (Lipinski definition) is 1. The summed E-state index contributed by atoms with van der Waals surface area (Å²) in [5.41, 5.74) is 4.44. The predicted octanol–water partition coefficient (Wildman–Crippen LogP) is 2.92. The highest BCUT2D eigenvalue weighted by molar-refractivity contribution is 7.13. The van der Waals surface area contributed by atoms with E-state index in [0.29, 0.717) is 5.92 Å². The van der Waals surface area contributed by atoms with E-state index >= 15 is 0 Å². The second kappa shape index (κ2) is 3.40. The smallest absolute Gasteiger partial charge is 0.0274 e. The molecule has 0 saturated carbocycles. The molecule has 1 aliphatic rings. The van der Waals surface area contributed by atoms with Gasteiger partial charge in [0.15, 0.2) is 0 Å². The summed E-state index contributed by atoms with van der Waals surface area (Å²) in [7, 11) is 2.77. The number of benzene rings is 1. The number of nitrogens with zero attached hydrogens (tertiary/aromatic N) is 1. The molecule has 13 heavy (non-hydrogen) atoms. The van der Waals surface area contributed by atoms with Crippen molar-refractivity contribution in [1.82, 2.24) is 4.67 Å². The van der Waals surface area contributed by atoms with Crippen molar-refractivity contribution in [2.75, 3.05) is 0 Å². The molecular formula is C11H16NP. The Hall–Kier alpha value is -0.390. The van der Waals surface area contributed by atoms with Crippen LogP contribution >= 0.6 is 9.39 Å². The molecule has 1 aromatic carbocycles. The Bertz CT molecular complexity index is 320. The van der Waals surface area contributed by atoms with E-state index in [4.69, 9.17) is 0 Å². The molecule has 0 amide bonds. The van der Waals surface area contributed by atoms with Crippen molar-refractivity contribution in [2.24, 2.45) is 0 Å². The minimum Gasteiger partial charge on any atom is -0.279 e. The van der Waals surface area contributed by atoms with Gasteiger partial charge in [0, 0.05) is 13.1 Å². The van der Waals surface area contributed by atoms with E-state index in [1.54, 1.807) is 0 Å². The predicted molar refractivity (Wildman–Crippen MR) is 59.5 cm³/mol. The van der Waals surface area contributed by atoms with Crippen LogP contribution in [0.5, 0.6) is 0 Å². The monoisotopic (exact) mass is 193 g/mol. The summed E-state index contributed by atoms with van der Waals surface area (Å²) in [5.74, 6) is 0.642. The molecular weight excluding hydrogens is 177 g/mol. The first-order valence-electron chi connectivity index (χ1n) is 4.78. The van der Waals surface area contributed by atoms with Crippen LogP contribution in [0.2, 0.25) is 0 Å². The average molecular weight is 193 g/mol. The molecule has 0 aliphatic carbocycles. The van der Waals surface area contributed by atoms with E-state index in [9.17, 15) is 0 Å². The van der Waals surface area contributed by atoms with Gasteiger partial charge < -0.3 is 0 Å². The molecule has 1 aromatic rings. The normalized spacial score (nSPS) is 16.6. The fraction of sp³-hybridized carbons (Fsp3) is 0.455. The molecule has 0 aromatic heterocycles. The van der Waals surface area contributed by atoms with Gasteiger partial charge in [-0.2, -0.15) is 0 Å². The van der Waals surface area contributed by atoms with Crippen LogP contribution in [0, 0.1) is 0 Å². The molecule has 1 aliphatic heterocycles. The molecule has 1 atom stereocenters. The molecule has 1 nitrogen and oxygen atoms in total. The van der Waals surface area contributed by atoms with Gasteiger partial charge in [-0.3, -0.25) is 4.67 Å². The van der Waals surface area contributed by atoms with Crippen molar-refractivity contribution in [1.29, 1.82) is 0 Å².